The van der Waals surface area contributed by atoms with Gasteiger partial charge in [-0.05, 0) is 42.3 Å². The highest BCUT2D eigenvalue weighted by Gasteiger charge is 2.48. The molecule has 0 spiro atoms. The lowest BCUT2D eigenvalue weighted by atomic mass is 9.81. The number of halogens is 2. The summed E-state index contributed by atoms with van der Waals surface area (Å²) in [5.74, 6) is -4.51. The summed E-state index contributed by atoms with van der Waals surface area (Å²) in [6.07, 6.45) is -0.306. The standard InChI is InChI=1S/C28H30F2N4O7S2/c1-41-27(38)33-15-25(36)32-14-20-8-9-24(42-20)23(17-35)34(16-18-12-28(29,30)13-18)43(39,40)21-6-4-5-19(11-21)26(37)22-7-2-3-10-31-22/h2-11,18,23,35H,12-17H2,1H3,(H,32,36)(H,33,38). The van der Waals surface area contributed by atoms with Crippen LogP contribution in [0, 0.1) is 5.92 Å². The minimum atomic E-state index is -4.40. The average Bonchev–Trinajstić information content (AvgIpc) is 3.46. The first-order chi connectivity index (χ1) is 20.4. The molecular weight excluding hydrogens is 606 g/mol. The fourth-order valence-corrected chi connectivity index (χ4v) is 7.45. The third-order valence-electron chi connectivity index (χ3n) is 6.78. The molecule has 0 radical (unpaired) electrons. The number of carbonyl (C=O) groups is 3. The van der Waals surface area contributed by atoms with E-state index >= 15 is 0 Å². The Morgan fingerprint density at radius 2 is 1.91 bits per heavy atom. The molecule has 1 aliphatic rings. The Morgan fingerprint density at radius 1 is 1.14 bits per heavy atom. The van der Waals surface area contributed by atoms with Gasteiger partial charge >= 0.3 is 6.09 Å². The summed E-state index contributed by atoms with van der Waals surface area (Å²) in [5, 5.41) is 15.3. The molecule has 11 nitrogen and oxygen atoms in total. The van der Waals surface area contributed by atoms with Crippen molar-refractivity contribution in [2.45, 2.75) is 36.2 Å². The first-order valence-corrected chi connectivity index (χ1v) is 15.4. The summed E-state index contributed by atoms with van der Waals surface area (Å²) in [7, 11) is -3.24. The van der Waals surface area contributed by atoms with Crippen LogP contribution < -0.4 is 10.6 Å². The van der Waals surface area contributed by atoms with E-state index in [2.05, 4.69) is 20.4 Å². The number of hydrogen-bond acceptors (Lipinski definition) is 9. The van der Waals surface area contributed by atoms with Gasteiger partial charge in [0.05, 0.1) is 31.2 Å². The van der Waals surface area contributed by atoms with Crippen molar-refractivity contribution in [1.29, 1.82) is 0 Å². The Hall–Kier alpha value is -3.79. The molecule has 1 fully saturated rings. The van der Waals surface area contributed by atoms with Gasteiger partial charge in [-0.1, -0.05) is 18.2 Å². The first-order valence-electron chi connectivity index (χ1n) is 13.2. The Balaban J connectivity index is 1.58. The SMILES string of the molecule is COC(=O)NCC(=O)NCc1ccc(C(CO)N(CC2CC(F)(F)C2)S(=O)(=O)c2cccc(C(=O)c3ccccn3)c2)s1. The van der Waals surface area contributed by atoms with Crippen LogP contribution in [0.15, 0.2) is 65.7 Å². The first kappa shape index (κ1) is 32.1. The highest BCUT2D eigenvalue weighted by atomic mass is 32.2. The normalized spacial score (nSPS) is 15.4. The molecule has 2 heterocycles. The smallest absolute Gasteiger partial charge is 0.407 e. The number of benzene rings is 1. The van der Waals surface area contributed by atoms with Crippen LogP contribution in [-0.4, -0.2) is 73.3 Å². The zero-order valence-corrected chi connectivity index (χ0v) is 24.7. The average molecular weight is 637 g/mol. The van der Waals surface area contributed by atoms with E-state index in [1.165, 1.54) is 36.5 Å². The molecule has 2 aromatic heterocycles. The van der Waals surface area contributed by atoms with Gasteiger partial charge in [-0.25, -0.2) is 22.0 Å². The number of methoxy groups -OCH3 is 1. The number of thiophene rings is 1. The van der Waals surface area contributed by atoms with Crippen LogP contribution in [-0.2, 0) is 26.1 Å². The number of alkyl halides is 2. The summed E-state index contributed by atoms with van der Waals surface area (Å²) in [6.45, 7) is -1.18. The molecule has 1 unspecified atom stereocenters. The number of sulfonamides is 1. The Kier molecular flexibility index (Phi) is 10.2. The van der Waals surface area contributed by atoms with E-state index in [-0.39, 0.29) is 35.8 Å². The number of nitrogens with zero attached hydrogens (tertiary/aromatic N) is 2. The maximum atomic E-state index is 14.0. The van der Waals surface area contributed by atoms with E-state index in [9.17, 15) is 36.7 Å². The number of aromatic nitrogens is 1. The van der Waals surface area contributed by atoms with Crippen LogP contribution in [0.2, 0.25) is 0 Å². The number of amides is 2. The molecule has 15 heteroatoms. The van der Waals surface area contributed by atoms with E-state index in [0.717, 1.165) is 22.8 Å². The van der Waals surface area contributed by atoms with Crippen molar-refractivity contribution in [3.63, 3.8) is 0 Å². The Morgan fingerprint density at radius 3 is 2.56 bits per heavy atom. The summed E-state index contributed by atoms with van der Waals surface area (Å²) in [4.78, 5) is 41.0. The van der Waals surface area contributed by atoms with Crippen molar-refractivity contribution in [3.8, 4) is 0 Å². The van der Waals surface area contributed by atoms with Crippen molar-refractivity contribution in [1.82, 2.24) is 19.9 Å². The topological polar surface area (TPSA) is 155 Å². The third-order valence-corrected chi connectivity index (χ3v) is 9.84. The number of aliphatic hydroxyl groups is 1. The number of carbonyl (C=O) groups excluding carboxylic acids is 3. The largest absolute Gasteiger partial charge is 0.453 e. The van der Waals surface area contributed by atoms with Crippen molar-refractivity contribution in [2.24, 2.45) is 5.92 Å². The van der Waals surface area contributed by atoms with Gasteiger partial charge in [0.15, 0.2) is 0 Å². The Bertz CT molecular complexity index is 1560. The fourth-order valence-electron chi connectivity index (χ4n) is 4.60. The molecule has 1 saturated carbocycles. The van der Waals surface area contributed by atoms with Gasteiger partial charge in [-0.3, -0.25) is 14.6 Å². The predicted octanol–water partition coefficient (Wildman–Crippen LogP) is 3.12. The van der Waals surface area contributed by atoms with Gasteiger partial charge in [0.1, 0.15) is 12.2 Å². The predicted molar refractivity (Wildman–Crippen MR) is 152 cm³/mol. The van der Waals surface area contributed by atoms with Crippen molar-refractivity contribution < 1.29 is 41.4 Å². The maximum Gasteiger partial charge on any atom is 0.407 e. The number of pyridine rings is 1. The summed E-state index contributed by atoms with van der Waals surface area (Å²) in [6, 6.07) is 12.3. The number of nitrogens with one attached hydrogen (secondary N) is 2. The lowest BCUT2D eigenvalue weighted by molar-refractivity contribution is -0.120. The monoisotopic (exact) mass is 636 g/mol. The molecule has 4 rings (SSSR count). The molecule has 230 valence electrons. The minimum Gasteiger partial charge on any atom is -0.453 e. The summed E-state index contributed by atoms with van der Waals surface area (Å²) in [5.41, 5.74) is 0.199. The van der Waals surface area contributed by atoms with Crippen LogP contribution in [0.25, 0.3) is 0 Å². The molecule has 0 aliphatic heterocycles. The van der Waals surface area contributed by atoms with Gasteiger partial charge < -0.3 is 20.5 Å². The van der Waals surface area contributed by atoms with E-state index in [1.807, 2.05) is 0 Å². The van der Waals surface area contributed by atoms with Gasteiger partial charge in [-0.2, -0.15) is 4.31 Å². The molecule has 0 saturated heterocycles. The fraction of sp³-hybridized carbons (Fsp3) is 0.357. The number of ketones is 1. The van der Waals surface area contributed by atoms with Crippen LogP contribution in [0.1, 0.15) is 44.7 Å². The second kappa shape index (κ2) is 13.7. The highest BCUT2D eigenvalue weighted by Crippen LogP contribution is 2.44. The number of ether oxygens (including phenoxy) is 1. The van der Waals surface area contributed by atoms with E-state index in [4.69, 9.17) is 0 Å². The molecule has 43 heavy (non-hydrogen) atoms. The molecule has 2 amide bonds. The molecule has 0 bridgehead atoms. The van der Waals surface area contributed by atoms with Gasteiger partial charge in [-0.15, -0.1) is 11.3 Å². The quantitative estimate of drug-likeness (QED) is 0.242. The second-order valence-electron chi connectivity index (χ2n) is 9.90. The molecule has 1 aliphatic carbocycles. The number of aliphatic hydroxyl groups excluding tert-OH is 1. The van der Waals surface area contributed by atoms with Crippen molar-refractivity contribution in [2.75, 3.05) is 26.8 Å². The summed E-state index contributed by atoms with van der Waals surface area (Å²) < 4.78 is 60.9. The Labute approximate surface area is 250 Å². The zero-order chi connectivity index (χ0) is 31.2. The van der Waals surface area contributed by atoms with E-state index < -0.39 is 65.1 Å². The molecular formula is C28H30F2N4O7S2. The van der Waals surface area contributed by atoms with E-state index in [0.29, 0.717) is 9.75 Å². The van der Waals surface area contributed by atoms with E-state index in [1.54, 1.807) is 24.3 Å². The zero-order valence-electron chi connectivity index (χ0n) is 23.0. The van der Waals surface area contributed by atoms with Crippen LogP contribution >= 0.6 is 11.3 Å². The molecule has 1 aromatic carbocycles. The third kappa shape index (κ3) is 7.98. The van der Waals surface area contributed by atoms with Gasteiger partial charge in [0, 0.05) is 40.9 Å². The lowest BCUT2D eigenvalue weighted by Crippen LogP contribution is -2.46. The molecule has 3 aromatic rings. The number of rotatable bonds is 13. The number of alkyl carbamates (subject to hydrolysis) is 1. The number of hydrogen-bond donors (Lipinski definition) is 3. The van der Waals surface area contributed by atoms with Crippen LogP contribution in [0.3, 0.4) is 0 Å². The maximum absolute atomic E-state index is 14.0. The minimum absolute atomic E-state index is 0.0593. The highest BCUT2D eigenvalue weighted by molar-refractivity contribution is 7.89. The lowest BCUT2D eigenvalue weighted by Gasteiger charge is -2.39. The van der Waals surface area contributed by atoms with Gasteiger partial charge in [0.25, 0.3) is 0 Å². The van der Waals surface area contributed by atoms with Crippen LogP contribution in [0.4, 0.5) is 13.6 Å². The van der Waals surface area contributed by atoms with Crippen LogP contribution in [0.5, 0.6) is 0 Å². The second-order valence-corrected chi connectivity index (χ2v) is 13.0. The van der Waals surface area contributed by atoms with Gasteiger partial charge in [0.2, 0.25) is 27.6 Å². The molecule has 1 atom stereocenters. The van der Waals surface area contributed by atoms with Crippen molar-refractivity contribution in [3.05, 3.63) is 81.8 Å². The molecule has 3 N–H and O–H groups in total. The van der Waals surface area contributed by atoms with Crippen molar-refractivity contribution >= 4 is 39.1 Å². The summed E-state index contributed by atoms with van der Waals surface area (Å²) >= 11 is 1.13.